The van der Waals surface area contributed by atoms with E-state index in [2.05, 4.69) is 44.8 Å². The number of carbonyl (C=O) groups excluding carboxylic acids is 1. The molecule has 0 radical (unpaired) electrons. The number of likely N-dealkylation sites (tertiary alicyclic amines) is 1. The van der Waals surface area contributed by atoms with Gasteiger partial charge in [0.25, 0.3) is 0 Å². The van der Waals surface area contributed by atoms with E-state index in [-0.39, 0.29) is 0 Å². The van der Waals surface area contributed by atoms with E-state index in [1.807, 2.05) is 0 Å². The number of nitrogens with one attached hydrogen (secondary N) is 1. The third-order valence-electron chi connectivity index (χ3n) is 3.59. The summed E-state index contributed by atoms with van der Waals surface area (Å²) in [5.74, 6) is 2.06. The van der Waals surface area contributed by atoms with Gasteiger partial charge in [0.1, 0.15) is 0 Å². The van der Waals surface area contributed by atoms with E-state index in [0.29, 0.717) is 29.7 Å². The van der Waals surface area contributed by atoms with Crippen LogP contribution >= 0.6 is 0 Å². The molecule has 1 aliphatic heterocycles. The first-order chi connectivity index (χ1) is 7.90. The summed E-state index contributed by atoms with van der Waals surface area (Å²) in [4.78, 5) is 13.9. The van der Waals surface area contributed by atoms with Crippen molar-refractivity contribution in [2.75, 3.05) is 19.6 Å². The van der Waals surface area contributed by atoms with Crippen LogP contribution in [0.3, 0.4) is 0 Å². The maximum absolute atomic E-state index is 11.9. The molecule has 1 amide bonds. The second-order valence-corrected chi connectivity index (χ2v) is 6.18. The lowest BCUT2D eigenvalue weighted by Crippen LogP contribution is -2.36. The molecule has 0 bridgehead atoms. The quantitative estimate of drug-likeness (QED) is 0.771. The van der Waals surface area contributed by atoms with E-state index < -0.39 is 0 Å². The Balaban J connectivity index is 2.34. The van der Waals surface area contributed by atoms with Crippen molar-refractivity contribution in [1.29, 1.82) is 0 Å². The second kappa shape index (κ2) is 6.39. The zero-order valence-electron chi connectivity index (χ0n) is 12.0. The van der Waals surface area contributed by atoms with Gasteiger partial charge in [-0.15, -0.1) is 0 Å². The van der Waals surface area contributed by atoms with Crippen molar-refractivity contribution >= 4 is 5.91 Å². The van der Waals surface area contributed by atoms with Crippen molar-refractivity contribution in [3.05, 3.63) is 0 Å². The van der Waals surface area contributed by atoms with Gasteiger partial charge in [-0.1, -0.05) is 34.6 Å². The SMILES string of the molecule is CC(CNC(C)C)CN1CC(C(C)C)CC1=O. The van der Waals surface area contributed by atoms with Crippen molar-refractivity contribution in [3.63, 3.8) is 0 Å². The Morgan fingerprint density at radius 2 is 1.94 bits per heavy atom. The molecule has 0 aromatic carbocycles. The highest BCUT2D eigenvalue weighted by Gasteiger charge is 2.31. The summed E-state index contributed by atoms with van der Waals surface area (Å²) in [6.07, 6.45) is 0.752. The topological polar surface area (TPSA) is 32.3 Å². The standard InChI is InChI=1S/C14H28N2O/c1-10(2)13-6-14(17)16(9-13)8-12(5)7-15-11(3)4/h10-13,15H,6-9H2,1-5H3. The van der Waals surface area contributed by atoms with Gasteiger partial charge in [-0.3, -0.25) is 4.79 Å². The van der Waals surface area contributed by atoms with Gasteiger partial charge in [-0.25, -0.2) is 0 Å². The molecule has 1 saturated heterocycles. The molecule has 1 heterocycles. The summed E-state index contributed by atoms with van der Waals surface area (Å²) in [6, 6.07) is 0.523. The molecule has 1 rings (SSSR count). The Morgan fingerprint density at radius 1 is 1.29 bits per heavy atom. The van der Waals surface area contributed by atoms with Crippen LogP contribution in [0.5, 0.6) is 0 Å². The van der Waals surface area contributed by atoms with Gasteiger partial charge in [0.05, 0.1) is 0 Å². The Morgan fingerprint density at radius 3 is 2.41 bits per heavy atom. The number of hydrogen-bond donors (Lipinski definition) is 1. The van der Waals surface area contributed by atoms with Crippen LogP contribution in [0.25, 0.3) is 0 Å². The Kier molecular flexibility index (Phi) is 5.44. The van der Waals surface area contributed by atoms with E-state index in [1.165, 1.54) is 0 Å². The predicted octanol–water partition coefficient (Wildman–Crippen LogP) is 2.12. The predicted molar refractivity (Wildman–Crippen MR) is 71.8 cm³/mol. The Labute approximate surface area is 106 Å². The molecule has 0 aromatic heterocycles. The number of hydrogen-bond acceptors (Lipinski definition) is 2. The molecule has 17 heavy (non-hydrogen) atoms. The van der Waals surface area contributed by atoms with Gasteiger partial charge >= 0.3 is 0 Å². The summed E-state index contributed by atoms with van der Waals surface area (Å²) < 4.78 is 0. The maximum atomic E-state index is 11.9. The molecular weight excluding hydrogens is 212 g/mol. The second-order valence-electron chi connectivity index (χ2n) is 6.18. The van der Waals surface area contributed by atoms with Crippen LogP contribution in [-0.4, -0.2) is 36.5 Å². The highest BCUT2D eigenvalue weighted by atomic mass is 16.2. The third-order valence-corrected chi connectivity index (χ3v) is 3.59. The molecular formula is C14H28N2O. The zero-order chi connectivity index (χ0) is 13.0. The van der Waals surface area contributed by atoms with Gasteiger partial charge in [0.2, 0.25) is 5.91 Å². The van der Waals surface area contributed by atoms with Crippen molar-refractivity contribution in [3.8, 4) is 0 Å². The lowest BCUT2D eigenvalue weighted by atomic mass is 9.95. The van der Waals surface area contributed by atoms with Gasteiger partial charge in [-0.05, 0) is 24.3 Å². The van der Waals surface area contributed by atoms with Crippen molar-refractivity contribution in [2.45, 2.75) is 47.1 Å². The minimum absolute atomic E-state index is 0.347. The smallest absolute Gasteiger partial charge is 0.222 e. The van der Waals surface area contributed by atoms with Gasteiger partial charge in [0.15, 0.2) is 0 Å². The fourth-order valence-corrected chi connectivity index (χ4v) is 2.30. The molecule has 0 aliphatic carbocycles. The average molecular weight is 240 g/mol. The molecule has 1 aliphatic rings. The largest absolute Gasteiger partial charge is 0.342 e. The number of nitrogens with zero attached hydrogens (tertiary/aromatic N) is 1. The highest BCUT2D eigenvalue weighted by molar-refractivity contribution is 5.78. The van der Waals surface area contributed by atoms with E-state index in [1.54, 1.807) is 0 Å². The minimum atomic E-state index is 0.347. The summed E-state index contributed by atoms with van der Waals surface area (Å²) in [5.41, 5.74) is 0. The Bertz CT molecular complexity index is 251. The van der Waals surface area contributed by atoms with Crippen molar-refractivity contribution < 1.29 is 4.79 Å². The van der Waals surface area contributed by atoms with Crippen LogP contribution in [-0.2, 0) is 4.79 Å². The summed E-state index contributed by atoms with van der Waals surface area (Å²) in [6.45, 7) is 13.8. The van der Waals surface area contributed by atoms with Gasteiger partial charge < -0.3 is 10.2 Å². The van der Waals surface area contributed by atoms with Crippen LogP contribution in [0.1, 0.15) is 41.0 Å². The van der Waals surface area contributed by atoms with Gasteiger partial charge in [0, 0.05) is 25.6 Å². The van der Waals surface area contributed by atoms with Crippen molar-refractivity contribution in [2.24, 2.45) is 17.8 Å². The third kappa shape index (κ3) is 4.66. The average Bonchev–Trinajstić information content (AvgIpc) is 2.58. The van der Waals surface area contributed by atoms with Crippen LogP contribution in [0, 0.1) is 17.8 Å². The van der Waals surface area contributed by atoms with E-state index in [0.717, 1.165) is 26.1 Å². The molecule has 100 valence electrons. The summed E-state index contributed by atoms with van der Waals surface area (Å²) >= 11 is 0. The summed E-state index contributed by atoms with van der Waals surface area (Å²) in [5, 5.41) is 3.43. The first kappa shape index (κ1) is 14.5. The van der Waals surface area contributed by atoms with E-state index >= 15 is 0 Å². The first-order valence-corrected chi connectivity index (χ1v) is 6.91. The lowest BCUT2D eigenvalue weighted by Gasteiger charge is -2.23. The zero-order valence-corrected chi connectivity index (χ0v) is 12.0. The first-order valence-electron chi connectivity index (χ1n) is 6.91. The molecule has 0 spiro atoms. The molecule has 2 unspecified atom stereocenters. The molecule has 3 nitrogen and oxygen atoms in total. The number of carbonyl (C=O) groups is 1. The molecule has 1 N–H and O–H groups in total. The molecule has 3 heteroatoms. The number of amides is 1. The van der Waals surface area contributed by atoms with E-state index in [9.17, 15) is 4.79 Å². The maximum Gasteiger partial charge on any atom is 0.222 e. The van der Waals surface area contributed by atoms with Crippen LogP contribution in [0.2, 0.25) is 0 Å². The van der Waals surface area contributed by atoms with Gasteiger partial charge in [-0.2, -0.15) is 0 Å². The highest BCUT2D eigenvalue weighted by Crippen LogP contribution is 2.25. The fourth-order valence-electron chi connectivity index (χ4n) is 2.30. The molecule has 2 atom stereocenters. The van der Waals surface area contributed by atoms with E-state index in [4.69, 9.17) is 0 Å². The molecule has 0 saturated carbocycles. The number of rotatable bonds is 6. The summed E-state index contributed by atoms with van der Waals surface area (Å²) in [7, 11) is 0. The monoisotopic (exact) mass is 240 g/mol. The fraction of sp³-hybridized carbons (Fsp3) is 0.929. The van der Waals surface area contributed by atoms with Crippen LogP contribution < -0.4 is 5.32 Å². The minimum Gasteiger partial charge on any atom is -0.342 e. The molecule has 1 fully saturated rings. The normalized spacial score (nSPS) is 22.9. The van der Waals surface area contributed by atoms with Crippen LogP contribution in [0.4, 0.5) is 0 Å². The van der Waals surface area contributed by atoms with Crippen LogP contribution in [0.15, 0.2) is 0 Å². The Hall–Kier alpha value is -0.570. The molecule has 0 aromatic rings. The lowest BCUT2D eigenvalue weighted by molar-refractivity contribution is -0.128. The van der Waals surface area contributed by atoms with Crippen molar-refractivity contribution in [1.82, 2.24) is 10.2 Å².